The van der Waals surface area contributed by atoms with Crippen molar-refractivity contribution < 1.29 is 23.9 Å². The summed E-state index contributed by atoms with van der Waals surface area (Å²) in [6, 6.07) is 0. The van der Waals surface area contributed by atoms with E-state index in [4.69, 9.17) is 4.74 Å². The number of nitrogens with zero attached hydrogens (tertiary/aromatic N) is 2. The third-order valence-corrected chi connectivity index (χ3v) is 15.9. The molecule has 7 heteroatoms. The molecule has 1 N–H and O–H groups in total. The average molecular weight is 631 g/mol. The number of esters is 1. The molecule has 0 aromatic heterocycles. The minimum atomic E-state index is -0.872. The Balaban J connectivity index is 1.18. The number of halogens is 1. The largest absolute Gasteiger partial charge is 0.481 e. The van der Waals surface area contributed by atoms with Crippen LogP contribution < -0.4 is 0 Å². The summed E-state index contributed by atoms with van der Waals surface area (Å²) in [6.45, 7) is 20.4. The molecule has 0 spiro atoms. The maximum Gasteiger partial charge on any atom is 0.306 e. The van der Waals surface area contributed by atoms with Crippen molar-refractivity contribution >= 4 is 11.9 Å². The summed E-state index contributed by atoms with van der Waals surface area (Å²) in [5, 5.41) is 10.3. The van der Waals surface area contributed by atoms with E-state index >= 15 is 0 Å². The molecular formula is C38H63FN2O4. The Morgan fingerprint density at radius 3 is 2.20 bits per heavy atom. The third-order valence-electron chi connectivity index (χ3n) is 15.9. The van der Waals surface area contributed by atoms with Gasteiger partial charge in [-0.1, -0.05) is 54.9 Å². The van der Waals surface area contributed by atoms with Crippen LogP contribution in [-0.4, -0.2) is 65.9 Å². The summed E-state index contributed by atoms with van der Waals surface area (Å²) in [4.78, 5) is 27.1. The lowest BCUT2D eigenvalue weighted by molar-refractivity contribution is -0.249. The topological polar surface area (TPSA) is 70.1 Å². The first-order valence-electron chi connectivity index (χ1n) is 18.5. The summed E-state index contributed by atoms with van der Waals surface area (Å²) < 4.78 is 20.1. The van der Waals surface area contributed by atoms with Gasteiger partial charge in [-0.3, -0.25) is 9.59 Å². The second-order valence-corrected chi connectivity index (χ2v) is 19.0. The Morgan fingerprint density at radius 2 is 1.51 bits per heavy atom. The quantitative estimate of drug-likeness (QED) is 0.226. The first kappa shape index (κ1) is 33.7. The van der Waals surface area contributed by atoms with E-state index in [0.29, 0.717) is 41.2 Å². The third kappa shape index (κ3) is 5.50. The lowest BCUT2D eigenvalue weighted by atomic mass is 9.32. The lowest BCUT2D eigenvalue weighted by Crippen LogP contribution is -2.67. The number of hydrogen-bond acceptors (Lipinski definition) is 5. The predicted octanol–water partition coefficient (Wildman–Crippen LogP) is 8.15. The number of piperazine rings is 1. The molecule has 1 saturated heterocycles. The summed E-state index contributed by atoms with van der Waals surface area (Å²) in [7, 11) is 0. The molecule has 6 aliphatic rings. The minimum Gasteiger partial charge on any atom is -0.481 e. The number of rotatable bonds is 7. The summed E-state index contributed by atoms with van der Waals surface area (Å²) in [5.74, 6) is 1.66. The molecule has 256 valence electrons. The van der Waals surface area contributed by atoms with Crippen molar-refractivity contribution in [1.82, 2.24) is 10.0 Å². The zero-order chi connectivity index (χ0) is 32.6. The number of hydrogen-bond donors (Lipinski definition) is 1. The first-order valence-corrected chi connectivity index (χ1v) is 18.5. The number of carboxylic acid groups (broad SMARTS) is 1. The molecule has 6 nitrogen and oxygen atoms in total. The van der Waals surface area contributed by atoms with E-state index in [1.807, 2.05) is 13.8 Å². The zero-order valence-corrected chi connectivity index (χ0v) is 29.6. The van der Waals surface area contributed by atoms with Crippen LogP contribution in [0.15, 0.2) is 0 Å². The van der Waals surface area contributed by atoms with Crippen molar-refractivity contribution in [1.29, 1.82) is 0 Å². The van der Waals surface area contributed by atoms with Gasteiger partial charge in [-0.25, -0.2) is 0 Å². The van der Waals surface area contributed by atoms with E-state index in [1.54, 1.807) is 0 Å². The molecule has 0 aromatic rings. The van der Waals surface area contributed by atoms with Gasteiger partial charge in [-0.15, -0.1) is 9.60 Å². The van der Waals surface area contributed by atoms with Crippen molar-refractivity contribution in [2.75, 3.05) is 32.7 Å². The monoisotopic (exact) mass is 630 g/mol. The van der Waals surface area contributed by atoms with Crippen LogP contribution in [0.4, 0.5) is 4.48 Å². The van der Waals surface area contributed by atoms with Gasteiger partial charge in [0.1, 0.15) is 6.10 Å². The Bertz CT molecular complexity index is 1150. The van der Waals surface area contributed by atoms with Crippen LogP contribution in [0.1, 0.15) is 132 Å². The normalized spacial score (nSPS) is 45.1. The smallest absolute Gasteiger partial charge is 0.306 e. The van der Waals surface area contributed by atoms with Gasteiger partial charge in [-0.2, -0.15) is 0 Å². The Morgan fingerprint density at radius 1 is 0.800 bits per heavy atom. The summed E-state index contributed by atoms with van der Waals surface area (Å²) >= 11 is 0. The molecule has 1 heterocycles. The Hall–Kier alpha value is -1.21. The highest BCUT2D eigenvalue weighted by Crippen LogP contribution is 2.77. The van der Waals surface area contributed by atoms with Gasteiger partial charge < -0.3 is 14.7 Å². The van der Waals surface area contributed by atoms with Crippen molar-refractivity contribution in [3.8, 4) is 0 Å². The van der Waals surface area contributed by atoms with Gasteiger partial charge in [0.05, 0.1) is 12.8 Å². The molecule has 0 radical (unpaired) electrons. The first-order chi connectivity index (χ1) is 21.0. The number of carbonyl (C=O) groups is 2. The maximum absolute atomic E-state index is 13.8. The van der Waals surface area contributed by atoms with E-state index in [-0.39, 0.29) is 35.7 Å². The second kappa shape index (κ2) is 11.4. The highest BCUT2D eigenvalue weighted by atomic mass is 19.2. The van der Waals surface area contributed by atoms with Gasteiger partial charge in [0.15, 0.2) is 0 Å². The zero-order valence-electron chi connectivity index (χ0n) is 29.6. The van der Waals surface area contributed by atoms with Crippen LogP contribution in [0.25, 0.3) is 0 Å². The molecule has 6 fully saturated rings. The minimum absolute atomic E-state index is 0.0327. The molecule has 2 unspecified atom stereocenters. The number of ether oxygens (including phenoxy) is 1. The molecule has 9 atom stereocenters. The van der Waals surface area contributed by atoms with Crippen LogP contribution in [0.5, 0.6) is 0 Å². The molecule has 0 aromatic carbocycles. The maximum atomic E-state index is 13.8. The van der Waals surface area contributed by atoms with E-state index in [1.165, 1.54) is 64.3 Å². The number of carboxylic acids is 1. The standard InChI is InChI=1S/C38H63FN2O4/c1-33(2,23-31(42)43)24-32(44)45-30-13-15-35(5)28(34(30,3)4)12-16-37(7)29(35)11-10-26-27-9-8-14-38(27,18-17-36(26,37)6)25-40-19-21-41(39)22-20-40/h26-30H,8-25H2,1-7H3,(H,42,43)/t26-,27-,28?,29?,30+,35+,36-,37-,38-/m1/s1. The summed E-state index contributed by atoms with van der Waals surface area (Å²) in [5.41, 5.74) is 0.592. The number of fused-ring (bicyclic) bond motifs is 7. The summed E-state index contributed by atoms with van der Waals surface area (Å²) in [6.07, 6.45) is 13.9. The molecule has 6 rings (SSSR count). The fourth-order valence-electron chi connectivity index (χ4n) is 13.6. The van der Waals surface area contributed by atoms with E-state index in [2.05, 4.69) is 39.5 Å². The molecule has 0 bridgehead atoms. The van der Waals surface area contributed by atoms with Crippen molar-refractivity contribution in [3.63, 3.8) is 0 Å². The van der Waals surface area contributed by atoms with Crippen molar-refractivity contribution in [2.45, 2.75) is 138 Å². The van der Waals surface area contributed by atoms with Crippen molar-refractivity contribution in [3.05, 3.63) is 0 Å². The molecule has 5 saturated carbocycles. The van der Waals surface area contributed by atoms with Crippen LogP contribution in [-0.2, 0) is 14.3 Å². The highest BCUT2D eigenvalue weighted by Gasteiger charge is 2.70. The molecule has 5 aliphatic carbocycles. The van der Waals surface area contributed by atoms with Gasteiger partial charge in [0.2, 0.25) is 0 Å². The number of aliphatic carboxylic acids is 1. The molecular weight excluding hydrogens is 567 g/mol. The van der Waals surface area contributed by atoms with Crippen LogP contribution >= 0.6 is 0 Å². The Labute approximate surface area is 272 Å². The van der Waals surface area contributed by atoms with Crippen LogP contribution in [0.3, 0.4) is 0 Å². The fourth-order valence-corrected chi connectivity index (χ4v) is 13.6. The van der Waals surface area contributed by atoms with Crippen LogP contribution in [0.2, 0.25) is 0 Å². The van der Waals surface area contributed by atoms with Gasteiger partial charge >= 0.3 is 11.9 Å². The predicted molar refractivity (Wildman–Crippen MR) is 175 cm³/mol. The Kier molecular flexibility index (Phi) is 8.57. The second-order valence-electron chi connectivity index (χ2n) is 19.0. The average Bonchev–Trinajstić information content (AvgIpc) is 3.35. The van der Waals surface area contributed by atoms with Gasteiger partial charge in [0, 0.05) is 38.1 Å². The number of carbonyl (C=O) groups excluding carboxylic acids is 1. The molecule has 0 amide bonds. The molecule has 45 heavy (non-hydrogen) atoms. The van der Waals surface area contributed by atoms with E-state index in [0.717, 1.165) is 42.9 Å². The lowest BCUT2D eigenvalue weighted by Gasteiger charge is -2.73. The van der Waals surface area contributed by atoms with Crippen LogP contribution in [0, 0.1) is 56.2 Å². The fraction of sp³-hybridized carbons (Fsp3) is 0.947. The molecule has 1 aliphatic heterocycles. The van der Waals surface area contributed by atoms with Crippen molar-refractivity contribution in [2.24, 2.45) is 56.2 Å². The van der Waals surface area contributed by atoms with Gasteiger partial charge in [0.25, 0.3) is 0 Å². The van der Waals surface area contributed by atoms with E-state index in [9.17, 15) is 19.2 Å². The van der Waals surface area contributed by atoms with E-state index < -0.39 is 11.4 Å². The van der Waals surface area contributed by atoms with Gasteiger partial charge in [-0.05, 0) is 115 Å². The highest BCUT2D eigenvalue weighted by molar-refractivity contribution is 5.73. The SMILES string of the molecule is CC(C)(CC(=O)O)CC(=O)O[C@H]1CC[C@@]2(C)C(CC[C@]3(C)C2CC[C@@H]2[C@H]4CCC[C@]4(CN4CCN(F)CC4)CC[C@]23C)C1(C)C.